The van der Waals surface area contributed by atoms with Crippen molar-refractivity contribution in [1.29, 1.82) is 0 Å². The Kier molecular flexibility index (Phi) is 4.95. The number of aliphatic hydroxyl groups is 1. The maximum Gasteiger partial charge on any atom is 0.316 e. The molecule has 7 heteroatoms. The van der Waals surface area contributed by atoms with E-state index in [-0.39, 0.29) is 19.1 Å². The molecule has 18 heavy (non-hydrogen) atoms. The molecular formula is C11H22NO5P. The van der Waals surface area contributed by atoms with Crippen LogP contribution in [0, 0.1) is 10.8 Å². The maximum atomic E-state index is 11.7. The highest BCUT2D eigenvalue weighted by atomic mass is 31.1. The second kappa shape index (κ2) is 5.70. The van der Waals surface area contributed by atoms with E-state index in [1.54, 1.807) is 11.8 Å². The van der Waals surface area contributed by atoms with Gasteiger partial charge >= 0.3 is 8.25 Å². The second-order valence-electron chi connectivity index (χ2n) is 5.44. The molecule has 2 N–H and O–H groups in total. The lowest BCUT2D eigenvalue weighted by atomic mass is 9.69. The molecule has 0 radical (unpaired) electrons. The molecule has 1 fully saturated rings. The average molecular weight is 279 g/mol. The molecule has 0 aromatic heterocycles. The van der Waals surface area contributed by atoms with E-state index in [2.05, 4.69) is 0 Å². The van der Waals surface area contributed by atoms with Crippen LogP contribution in [0.1, 0.15) is 27.2 Å². The largest absolute Gasteiger partial charge is 0.396 e. The Balaban J connectivity index is 2.87. The first-order valence-corrected chi connectivity index (χ1v) is 7.29. The minimum atomic E-state index is -2.99. The van der Waals surface area contributed by atoms with Gasteiger partial charge in [-0.2, -0.15) is 0 Å². The van der Waals surface area contributed by atoms with Crippen molar-refractivity contribution in [2.75, 3.05) is 26.3 Å². The first kappa shape index (κ1) is 15.6. The Bertz CT molecular complexity index is 350. The highest BCUT2D eigenvalue weighted by Gasteiger charge is 2.52. The van der Waals surface area contributed by atoms with Crippen LogP contribution in [0.4, 0.5) is 0 Å². The van der Waals surface area contributed by atoms with Gasteiger partial charge < -0.3 is 19.4 Å². The second-order valence-corrected chi connectivity index (χ2v) is 6.26. The Labute approximate surface area is 108 Å². The molecule has 3 atom stereocenters. The minimum Gasteiger partial charge on any atom is -0.396 e. The normalized spacial score (nSPS) is 33.7. The van der Waals surface area contributed by atoms with Crippen LogP contribution in [-0.2, 0) is 13.9 Å². The molecule has 0 aromatic rings. The van der Waals surface area contributed by atoms with Gasteiger partial charge in [-0.05, 0) is 0 Å². The molecule has 1 saturated heterocycles. The summed E-state index contributed by atoms with van der Waals surface area (Å²) in [4.78, 5) is 22.2. The SMILES string of the molecule is CCC(=O)N1C[C@](C)(CO[PH](=O)O)[C@](C)(CO)C1. The van der Waals surface area contributed by atoms with Gasteiger partial charge in [-0.3, -0.25) is 9.36 Å². The van der Waals surface area contributed by atoms with Crippen LogP contribution < -0.4 is 0 Å². The van der Waals surface area contributed by atoms with Gasteiger partial charge in [-0.1, -0.05) is 20.8 Å². The number of hydrogen-bond acceptors (Lipinski definition) is 4. The summed E-state index contributed by atoms with van der Waals surface area (Å²) in [5, 5.41) is 9.57. The topological polar surface area (TPSA) is 87.1 Å². The van der Waals surface area contributed by atoms with Gasteiger partial charge in [0, 0.05) is 30.3 Å². The van der Waals surface area contributed by atoms with Gasteiger partial charge in [-0.15, -0.1) is 0 Å². The van der Waals surface area contributed by atoms with Gasteiger partial charge in [0.25, 0.3) is 0 Å². The minimum absolute atomic E-state index is 0.0232. The average Bonchev–Trinajstić information content (AvgIpc) is 2.60. The first-order chi connectivity index (χ1) is 8.28. The van der Waals surface area contributed by atoms with Crippen molar-refractivity contribution in [3.05, 3.63) is 0 Å². The van der Waals surface area contributed by atoms with Crippen LogP contribution in [0.15, 0.2) is 0 Å². The predicted octanol–water partition coefficient (Wildman–Crippen LogP) is 0.642. The van der Waals surface area contributed by atoms with Crippen molar-refractivity contribution < 1.29 is 23.9 Å². The van der Waals surface area contributed by atoms with Crippen LogP contribution in [0.25, 0.3) is 0 Å². The van der Waals surface area contributed by atoms with Crippen molar-refractivity contribution >= 4 is 14.2 Å². The third-order valence-electron chi connectivity index (χ3n) is 4.06. The molecule has 1 amide bonds. The molecule has 0 saturated carbocycles. The molecule has 106 valence electrons. The summed E-state index contributed by atoms with van der Waals surface area (Å²) in [5.41, 5.74) is -1.04. The number of nitrogens with zero attached hydrogens (tertiary/aromatic N) is 1. The zero-order chi connectivity index (χ0) is 14.0. The van der Waals surface area contributed by atoms with Crippen molar-refractivity contribution in [1.82, 2.24) is 4.90 Å². The van der Waals surface area contributed by atoms with E-state index >= 15 is 0 Å². The molecule has 1 heterocycles. The lowest BCUT2D eigenvalue weighted by Crippen LogP contribution is -2.42. The maximum absolute atomic E-state index is 11.7. The van der Waals surface area contributed by atoms with E-state index in [0.29, 0.717) is 19.5 Å². The Morgan fingerprint density at radius 1 is 1.39 bits per heavy atom. The van der Waals surface area contributed by atoms with Crippen molar-refractivity contribution in [3.8, 4) is 0 Å². The van der Waals surface area contributed by atoms with Crippen LogP contribution in [0.5, 0.6) is 0 Å². The van der Waals surface area contributed by atoms with E-state index < -0.39 is 19.1 Å². The predicted molar refractivity (Wildman–Crippen MR) is 67.3 cm³/mol. The van der Waals surface area contributed by atoms with Crippen LogP contribution >= 0.6 is 8.25 Å². The van der Waals surface area contributed by atoms with Crippen molar-refractivity contribution in [2.24, 2.45) is 10.8 Å². The van der Waals surface area contributed by atoms with Gasteiger partial charge in [0.1, 0.15) is 0 Å². The Hall–Kier alpha value is -0.420. The zero-order valence-electron chi connectivity index (χ0n) is 11.1. The van der Waals surface area contributed by atoms with Crippen molar-refractivity contribution in [3.63, 3.8) is 0 Å². The summed E-state index contributed by atoms with van der Waals surface area (Å²) in [7, 11) is -2.99. The highest BCUT2D eigenvalue weighted by molar-refractivity contribution is 7.32. The summed E-state index contributed by atoms with van der Waals surface area (Å²) in [6.07, 6.45) is 0.412. The Morgan fingerprint density at radius 3 is 2.39 bits per heavy atom. The molecule has 1 rings (SSSR count). The number of likely N-dealkylation sites (tertiary alicyclic amines) is 1. The molecule has 1 aliphatic heterocycles. The van der Waals surface area contributed by atoms with Gasteiger partial charge in [-0.25, -0.2) is 0 Å². The molecule has 0 bridgehead atoms. The molecule has 1 unspecified atom stereocenters. The van der Waals surface area contributed by atoms with E-state index in [1.807, 2.05) is 13.8 Å². The van der Waals surface area contributed by atoms with Crippen LogP contribution in [0.3, 0.4) is 0 Å². The smallest absolute Gasteiger partial charge is 0.316 e. The fourth-order valence-electron chi connectivity index (χ4n) is 2.36. The van der Waals surface area contributed by atoms with Gasteiger partial charge in [0.2, 0.25) is 5.91 Å². The van der Waals surface area contributed by atoms with Crippen molar-refractivity contribution in [2.45, 2.75) is 27.2 Å². The lowest BCUT2D eigenvalue weighted by Gasteiger charge is -2.37. The summed E-state index contributed by atoms with van der Waals surface area (Å²) in [5.74, 6) is 0.0232. The van der Waals surface area contributed by atoms with Crippen LogP contribution in [0.2, 0.25) is 0 Å². The van der Waals surface area contributed by atoms with Gasteiger partial charge in [0.05, 0.1) is 13.2 Å². The standard InChI is InChI=1S/C11H22NO5P/c1-4-9(14)12-5-10(2,7-13)11(3,6-12)8-17-18(15)16/h13,18H,4-8H2,1-3H3,(H,15,16)/t10-,11+/m0/s1. The monoisotopic (exact) mass is 279 g/mol. The fourth-order valence-corrected chi connectivity index (χ4v) is 2.80. The fraction of sp³-hybridized carbons (Fsp3) is 0.909. The highest BCUT2D eigenvalue weighted by Crippen LogP contribution is 2.47. The molecule has 0 aliphatic carbocycles. The zero-order valence-corrected chi connectivity index (χ0v) is 12.1. The summed E-state index contributed by atoms with van der Waals surface area (Å²) >= 11 is 0. The third kappa shape index (κ3) is 2.94. The van der Waals surface area contributed by atoms with E-state index in [0.717, 1.165) is 0 Å². The van der Waals surface area contributed by atoms with E-state index in [9.17, 15) is 14.5 Å². The summed E-state index contributed by atoms with van der Waals surface area (Å²) < 4.78 is 15.5. The molecular weight excluding hydrogens is 257 g/mol. The number of amides is 1. The number of rotatable bonds is 5. The molecule has 6 nitrogen and oxygen atoms in total. The van der Waals surface area contributed by atoms with E-state index in [4.69, 9.17) is 9.42 Å². The summed E-state index contributed by atoms with van der Waals surface area (Å²) in [6, 6.07) is 0. The van der Waals surface area contributed by atoms with Gasteiger partial charge in [0.15, 0.2) is 0 Å². The van der Waals surface area contributed by atoms with Crippen LogP contribution in [-0.4, -0.2) is 47.1 Å². The number of carbonyl (C=O) groups is 1. The first-order valence-electron chi connectivity index (χ1n) is 6.02. The Morgan fingerprint density at radius 2 is 1.94 bits per heavy atom. The van der Waals surface area contributed by atoms with E-state index in [1.165, 1.54) is 0 Å². The number of hydrogen-bond donors (Lipinski definition) is 2. The summed E-state index contributed by atoms with van der Waals surface area (Å²) in [6.45, 7) is 6.38. The molecule has 0 spiro atoms. The number of carbonyl (C=O) groups excluding carboxylic acids is 1. The third-order valence-corrected chi connectivity index (χ3v) is 4.45. The molecule has 1 aliphatic rings. The lowest BCUT2D eigenvalue weighted by molar-refractivity contribution is -0.130. The number of aliphatic hydroxyl groups excluding tert-OH is 1. The molecule has 0 aromatic carbocycles. The quantitative estimate of drug-likeness (QED) is 0.721.